The molecular formula is C15H20N4O4. The quantitative estimate of drug-likeness (QED) is 0.649. The van der Waals surface area contributed by atoms with Gasteiger partial charge in [-0.05, 0) is 38.5 Å². The molecule has 0 unspecified atom stereocenters. The van der Waals surface area contributed by atoms with E-state index in [1.165, 1.54) is 13.4 Å². The van der Waals surface area contributed by atoms with Gasteiger partial charge in [-0.15, -0.1) is 0 Å². The number of aromatic nitrogens is 2. The van der Waals surface area contributed by atoms with Gasteiger partial charge >= 0.3 is 5.97 Å². The second-order valence-electron chi connectivity index (χ2n) is 6.53. The number of hydrogen-bond acceptors (Lipinski definition) is 4. The number of nitrogens with one attached hydrogen (secondary N) is 3. The van der Waals surface area contributed by atoms with Crippen LogP contribution in [0.4, 0.5) is 0 Å². The van der Waals surface area contributed by atoms with Crippen LogP contribution >= 0.6 is 0 Å². The molecule has 3 aliphatic carbocycles. The van der Waals surface area contributed by atoms with Crippen molar-refractivity contribution in [3.63, 3.8) is 0 Å². The molecule has 1 aromatic rings. The molecule has 2 bridgehead atoms. The van der Waals surface area contributed by atoms with Crippen LogP contribution in [0.1, 0.15) is 59.5 Å². The number of aromatic amines is 1. The number of amides is 2. The van der Waals surface area contributed by atoms with Gasteiger partial charge in [-0.25, -0.2) is 4.98 Å². The van der Waals surface area contributed by atoms with Crippen molar-refractivity contribution in [3.05, 3.63) is 17.7 Å². The zero-order valence-electron chi connectivity index (χ0n) is 12.9. The Morgan fingerprint density at radius 3 is 2.26 bits per heavy atom. The number of aliphatic carboxylic acids is 1. The second-order valence-corrected chi connectivity index (χ2v) is 6.53. The maximum atomic E-state index is 12.5. The van der Waals surface area contributed by atoms with Crippen molar-refractivity contribution in [1.29, 1.82) is 0 Å². The van der Waals surface area contributed by atoms with Crippen molar-refractivity contribution < 1.29 is 19.5 Å². The van der Waals surface area contributed by atoms with Crippen LogP contribution in [0.2, 0.25) is 0 Å². The standard InChI is InChI=1S/C15H20N4O4/c1-16-11(20)9-10(18-8-17-9)12(21)19-15-5-2-14(3-6-15,4-7-15)13(22)23/h8H,2-7H2,1H3,(H,16,20)(H,17,18)(H,19,21)(H,22,23). The summed E-state index contributed by atoms with van der Waals surface area (Å²) in [4.78, 5) is 42.3. The first-order valence-corrected chi connectivity index (χ1v) is 7.73. The van der Waals surface area contributed by atoms with Crippen molar-refractivity contribution in [3.8, 4) is 0 Å². The fourth-order valence-corrected chi connectivity index (χ4v) is 3.76. The number of hydrogen-bond donors (Lipinski definition) is 4. The predicted octanol–water partition coefficient (Wildman–Crippen LogP) is 0.677. The zero-order chi connectivity index (χ0) is 16.7. The molecule has 0 aromatic carbocycles. The molecule has 8 nitrogen and oxygen atoms in total. The van der Waals surface area contributed by atoms with Crippen LogP contribution in [-0.2, 0) is 4.79 Å². The van der Waals surface area contributed by atoms with Crippen LogP contribution in [0, 0.1) is 5.41 Å². The lowest BCUT2D eigenvalue weighted by Gasteiger charge is -2.51. The van der Waals surface area contributed by atoms with E-state index >= 15 is 0 Å². The molecule has 2 amide bonds. The maximum absolute atomic E-state index is 12.5. The molecule has 0 atom stereocenters. The third kappa shape index (κ3) is 2.47. The number of carbonyl (C=O) groups excluding carboxylic acids is 2. The molecule has 1 heterocycles. The fraction of sp³-hybridized carbons (Fsp3) is 0.600. The fourth-order valence-electron chi connectivity index (χ4n) is 3.76. The van der Waals surface area contributed by atoms with Crippen LogP contribution < -0.4 is 10.6 Å². The summed E-state index contributed by atoms with van der Waals surface area (Å²) in [6.45, 7) is 0. The lowest BCUT2D eigenvalue weighted by Crippen LogP contribution is -2.58. The lowest BCUT2D eigenvalue weighted by molar-refractivity contribution is -0.156. The first-order valence-electron chi connectivity index (χ1n) is 7.73. The Kier molecular flexibility index (Phi) is 3.62. The number of fused-ring (bicyclic) bond motifs is 3. The zero-order valence-corrected chi connectivity index (χ0v) is 12.9. The van der Waals surface area contributed by atoms with Gasteiger partial charge in [-0.2, -0.15) is 0 Å². The van der Waals surface area contributed by atoms with Gasteiger partial charge in [0.1, 0.15) is 5.69 Å². The summed E-state index contributed by atoms with van der Waals surface area (Å²) in [6, 6.07) is 0. The molecule has 4 rings (SSSR count). The van der Waals surface area contributed by atoms with Crippen LogP contribution in [0.3, 0.4) is 0 Å². The van der Waals surface area contributed by atoms with E-state index in [1.807, 2.05) is 0 Å². The minimum atomic E-state index is -0.730. The molecule has 1 aromatic heterocycles. The van der Waals surface area contributed by atoms with Crippen LogP contribution in [0.25, 0.3) is 0 Å². The summed E-state index contributed by atoms with van der Waals surface area (Å²) in [7, 11) is 1.48. The Bertz CT molecular complexity index is 642. The topological polar surface area (TPSA) is 124 Å². The molecule has 8 heteroatoms. The molecule has 3 aliphatic rings. The first-order chi connectivity index (χ1) is 10.9. The summed E-state index contributed by atoms with van der Waals surface area (Å²) in [6.07, 6.45) is 4.97. The van der Waals surface area contributed by atoms with Crippen molar-refractivity contribution >= 4 is 17.8 Å². The van der Waals surface area contributed by atoms with Gasteiger partial charge in [0.15, 0.2) is 5.69 Å². The van der Waals surface area contributed by atoms with Gasteiger partial charge in [0, 0.05) is 12.6 Å². The van der Waals surface area contributed by atoms with Gasteiger partial charge in [0.05, 0.1) is 11.7 Å². The Morgan fingerprint density at radius 1 is 1.13 bits per heavy atom. The average Bonchev–Trinajstić information content (AvgIpc) is 3.05. The van der Waals surface area contributed by atoms with Crippen molar-refractivity contribution in [2.24, 2.45) is 5.41 Å². The number of nitrogens with zero attached hydrogens (tertiary/aromatic N) is 1. The van der Waals surface area contributed by atoms with Crippen molar-refractivity contribution in [2.75, 3.05) is 7.05 Å². The van der Waals surface area contributed by atoms with Crippen LogP contribution in [0.5, 0.6) is 0 Å². The molecule has 3 fully saturated rings. The van der Waals surface area contributed by atoms with Crippen molar-refractivity contribution in [2.45, 2.75) is 44.1 Å². The van der Waals surface area contributed by atoms with Crippen LogP contribution in [0.15, 0.2) is 6.33 Å². The van der Waals surface area contributed by atoms with Crippen molar-refractivity contribution in [1.82, 2.24) is 20.6 Å². The number of carboxylic acid groups (broad SMARTS) is 1. The normalized spacial score (nSPS) is 29.1. The van der Waals surface area contributed by atoms with Gasteiger partial charge in [0.25, 0.3) is 11.8 Å². The van der Waals surface area contributed by atoms with E-state index in [1.54, 1.807) is 0 Å². The van der Waals surface area contributed by atoms with Gasteiger partial charge in [-0.3, -0.25) is 14.4 Å². The first kappa shape index (κ1) is 15.5. The minimum absolute atomic E-state index is 0.0689. The van der Waals surface area contributed by atoms with Gasteiger partial charge < -0.3 is 20.7 Å². The number of imidazole rings is 1. The Labute approximate surface area is 133 Å². The highest BCUT2D eigenvalue weighted by Crippen LogP contribution is 2.52. The molecule has 0 radical (unpaired) electrons. The SMILES string of the molecule is CNC(=O)c1[nH]cnc1C(=O)NC12CCC(C(=O)O)(CC1)CC2. The van der Waals surface area contributed by atoms with E-state index in [-0.39, 0.29) is 16.9 Å². The summed E-state index contributed by atoms with van der Waals surface area (Å²) >= 11 is 0. The molecular weight excluding hydrogens is 300 g/mol. The molecule has 124 valence electrons. The van der Waals surface area contributed by atoms with E-state index in [9.17, 15) is 19.5 Å². The van der Waals surface area contributed by atoms with E-state index in [0.717, 1.165) is 0 Å². The molecule has 0 aliphatic heterocycles. The number of carbonyl (C=O) groups is 3. The Morgan fingerprint density at radius 2 is 1.74 bits per heavy atom. The van der Waals surface area contributed by atoms with Gasteiger partial charge in [-0.1, -0.05) is 0 Å². The largest absolute Gasteiger partial charge is 0.481 e. The highest BCUT2D eigenvalue weighted by Gasteiger charge is 2.53. The second kappa shape index (κ2) is 5.36. The summed E-state index contributed by atoms with van der Waals surface area (Å²) in [5.74, 6) is -1.52. The van der Waals surface area contributed by atoms with E-state index < -0.39 is 23.2 Å². The highest BCUT2D eigenvalue weighted by atomic mass is 16.4. The summed E-state index contributed by atoms with van der Waals surface area (Å²) in [5.41, 5.74) is -0.800. The molecule has 0 saturated heterocycles. The molecule has 23 heavy (non-hydrogen) atoms. The smallest absolute Gasteiger partial charge is 0.309 e. The molecule has 0 spiro atoms. The number of rotatable bonds is 4. The van der Waals surface area contributed by atoms with E-state index in [0.29, 0.717) is 38.5 Å². The minimum Gasteiger partial charge on any atom is -0.481 e. The van der Waals surface area contributed by atoms with Crippen LogP contribution in [-0.4, -0.2) is 45.4 Å². The summed E-state index contributed by atoms with van der Waals surface area (Å²) < 4.78 is 0. The highest BCUT2D eigenvalue weighted by molar-refractivity contribution is 6.04. The lowest BCUT2D eigenvalue weighted by atomic mass is 9.57. The van der Waals surface area contributed by atoms with Gasteiger partial charge in [0.2, 0.25) is 0 Å². The maximum Gasteiger partial charge on any atom is 0.309 e. The molecule has 4 N–H and O–H groups in total. The Balaban J connectivity index is 1.74. The number of carboxylic acids is 1. The third-order valence-electron chi connectivity index (χ3n) is 5.39. The average molecular weight is 320 g/mol. The molecule has 3 saturated carbocycles. The third-order valence-corrected chi connectivity index (χ3v) is 5.39. The summed E-state index contributed by atoms with van der Waals surface area (Å²) in [5, 5.41) is 14.9. The Hall–Kier alpha value is -2.38. The number of H-pyrrole nitrogens is 1. The predicted molar refractivity (Wildman–Crippen MR) is 79.9 cm³/mol. The van der Waals surface area contributed by atoms with E-state index in [2.05, 4.69) is 20.6 Å². The van der Waals surface area contributed by atoms with E-state index in [4.69, 9.17) is 0 Å². The monoisotopic (exact) mass is 320 g/mol.